The van der Waals surface area contributed by atoms with Gasteiger partial charge in [0.25, 0.3) is 0 Å². The van der Waals surface area contributed by atoms with E-state index in [1.165, 1.54) is 12.1 Å². The summed E-state index contributed by atoms with van der Waals surface area (Å²) in [4.78, 5) is 0. The molecule has 0 aromatic heterocycles. The number of nitrogens with zero attached hydrogens (tertiary/aromatic N) is 1. The van der Waals surface area contributed by atoms with Crippen molar-refractivity contribution in [2.75, 3.05) is 7.05 Å². The second kappa shape index (κ2) is 4.23. The molecule has 0 radical (unpaired) electrons. The molecule has 1 atom stereocenters. The molecule has 1 aromatic rings. The highest BCUT2D eigenvalue weighted by Gasteiger charge is 2.44. The largest absolute Gasteiger partial charge is 0.312 e. The van der Waals surface area contributed by atoms with Gasteiger partial charge in [-0.3, -0.25) is 0 Å². The Balaban J connectivity index is 2.29. The highest BCUT2D eigenvalue weighted by Crippen LogP contribution is 2.49. The summed E-state index contributed by atoms with van der Waals surface area (Å²) in [5.74, 6) is -0.238. The summed E-state index contributed by atoms with van der Waals surface area (Å²) in [7, 11) is 1.85. The van der Waals surface area contributed by atoms with Crippen LogP contribution >= 0.6 is 0 Å². The first-order valence-electron chi connectivity index (χ1n) is 5.56. The van der Waals surface area contributed by atoms with Crippen molar-refractivity contribution in [2.24, 2.45) is 5.41 Å². The summed E-state index contributed by atoms with van der Waals surface area (Å²) in [6.45, 7) is 0. The van der Waals surface area contributed by atoms with Gasteiger partial charge in [-0.05, 0) is 37.6 Å². The molecule has 1 aromatic carbocycles. The summed E-state index contributed by atoms with van der Waals surface area (Å²) in [6.07, 6.45) is 2.95. The smallest absolute Gasteiger partial charge is 0.123 e. The van der Waals surface area contributed by atoms with Crippen molar-refractivity contribution in [3.05, 3.63) is 35.6 Å². The van der Waals surface area contributed by atoms with Gasteiger partial charge in [-0.15, -0.1) is 0 Å². The Hall–Kier alpha value is -1.40. The number of hydrogen-bond acceptors (Lipinski definition) is 2. The molecule has 0 spiro atoms. The van der Waals surface area contributed by atoms with Crippen LogP contribution in [0.1, 0.15) is 30.9 Å². The molecule has 0 aliphatic heterocycles. The number of hydrogen-bond donors (Lipinski definition) is 1. The zero-order valence-electron chi connectivity index (χ0n) is 9.33. The molecule has 84 valence electrons. The van der Waals surface area contributed by atoms with Crippen LogP contribution in [0.5, 0.6) is 0 Å². The molecule has 16 heavy (non-hydrogen) atoms. The van der Waals surface area contributed by atoms with Crippen LogP contribution in [-0.4, -0.2) is 7.05 Å². The minimum absolute atomic E-state index is 0.00634. The van der Waals surface area contributed by atoms with Gasteiger partial charge in [-0.2, -0.15) is 5.26 Å². The first-order valence-corrected chi connectivity index (χ1v) is 5.56. The third-order valence-corrected chi connectivity index (χ3v) is 3.51. The lowest BCUT2D eigenvalue weighted by atomic mass is 9.63. The van der Waals surface area contributed by atoms with Gasteiger partial charge in [0.15, 0.2) is 0 Å². The van der Waals surface area contributed by atoms with Crippen molar-refractivity contribution in [3.8, 4) is 6.07 Å². The monoisotopic (exact) mass is 218 g/mol. The van der Waals surface area contributed by atoms with Gasteiger partial charge in [0.2, 0.25) is 0 Å². The molecule has 0 bridgehead atoms. The van der Waals surface area contributed by atoms with Gasteiger partial charge in [-0.25, -0.2) is 4.39 Å². The molecule has 1 N–H and O–H groups in total. The average Bonchev–Trinajstić information content (AvgIpc) is 2.25. The zero-order valence-corrected chi connectivity index (χ0v) is 9.33. The molecule has 3 heteroatoms. The minimum atomic E-state index is -0.299. The van der Waals surface area contributed by atoms with Gasteiger partial charge in [0.1, 0.15) is 5.82 Å². The molecule has 0 saturated heterocycles. The summed E-state index contributed by atoms with van der Waals surface area (Å²) in [6, 6.07) is 8.84. The fourth-order valence-corrected chi connectivity index (χ4v) is 2.44. The number of nitrogens with one attached hydrogen (secondary N) is 1. The number of benzene rings is 1. The first kappa shape index (κ1) is 11.1. The summed E-state index contributed by atoms with van der Waals surface area (Å²) < 4.78 is 12.8. The maximum atomic E-state index is 12.8. The third kappa shape index (κ3) is 1.70. The Labute approximate surface area is 95.1 Å². The van der Waals surface area contributed by atoms with Gasteiger partial charge in [0, 0.05) is 0 Å². The average molecular weight is 218 g/mol. The minimum Gasteiger partial charge on any atom is -0.312 e. The Morgan fingerprint density at radius 3 is 2.38 bits per heavy atom. The quantitative estimate of drug-likeness (QED) is 0.846. The van der Waals surface area contributed by atoms with E-state index < -0.39 is 0 Å². The van der Waals surface area contributed by atoms with Crippen molar-refractivity contribution in [1.82, 2.24) is 5.32 Å². The van der Waals surface area contributed by atoms with Crippen LogP contribution in [0.25, 0.3) is 0 Å². The van der Waals surface area contributed by atoms with Crippen molar-refractivity contribution in [3.63, 3.8) is 0 Å². The van der Waals surface area contributed by atoms with E-state index in [-0.39, 0.29) is 17.3 Å². The van der Waals surface area contributed by atoms with Crippen LogP contribution < -0.4 is 5.32 Å². The topological polar surface area (TPSA) is 35.8 Å². The SMILES string of the molecule is CNC(c1ccc(F)cc1)C1(C#N)CCC1. The molecule has 1 aliphatic rings. The van der Waals surface area contributed by atoms with E-state index in [0.29, 0.717) is 0 Å². The number of rotatable bonds is 3. The lowest BCUT2D eigenvalue weighted by molar-refractivity contribution is 0.149. The van der Waals surface area contributed by atoms with E-state index in [9.17, 15) is 9.65 Å². The summed E-state index contributed by atoms with van der Waals surface area (Å²) in [5, 5.41) is 12.5. The Bertz CT molecular complexity index is 401. The Morgan fingerprint density at radius 2 is 2.00 bits per heavy atom. The van der Waals surface area contributed by atoms with Crippen molar-refractivity contribution in [1.29, 1.82) is 5.26 Å². The van der Waals surface area contributed by atoms with E-state index in [1.54, 1.807) is 12.1 Å². The fraction of sp³-hybridized carbons (Fsp3) is 0.462. The third-order valence-electron chi connectivity index (χ3n) is 3.51. The van der Waals surface area contributed by atoms with E-state index in [4.69, 9.17) is 0 Å². The number of nitriles is 1. The molecule has 0 heterocycles. The Morgan fingerprint density at radius 1 is 1.38 bits per heavy atom. The highest BCUT2D eigenvalue weighted by molar-refractivity contribution is 5.26. The van der Waals surface area contributed by atoms with Crippen LogP contribution in [0.2, 0.25) is 0 Å². The second-order valence-corrected chi connectivity index (χ2v) is 4.39. The van der Waals surface area contributed by atoms with Crippen LogP contribution in [0.15, 0.2) is 24.3 Å². The van der Waals surface area contributed by atoms with Crippen LogP contribution in [0.3, 0.4) is 0 Å². The molecule has 0 amide bonds. The summed E-state index contributed by atoms with van der Waals surface area (Å²) in [5.41, 5.74) is 0.692. The predicted molar refractivity (Wildman–Crippen MR) is 60.1 cm³/mol. The van der Waals surface area contributed by atoms with E-state index >= 15 is 0 Å². The van der Waals surface area contributed by atoms with Gasteiger partial charge in [0.05, 0.1) is 17.5 Å². The maximum absolute atomic E-state index is 12.8. The first-order chi connectivity index (χ1) is 7.72. The molecule has 1 aliphatic carbocycles. The lowest BCUT2D eigenvalue weighted by Gasteiger charge is -2.42. The summed E-state index contributed by atoms with van der Waals surface area (Å²) >= 11 is 0. The zero-order chi connectivity index (χ0) is 11.6. The van der Waals surface area contributed by atoms with E-state index in [2.05, 4.69) is 11.4 Å². The molecular formula is C13H15FN2. The van der Waals surface area contributed by atoms with Crippen LogP contribution in [0.4, 0.5) is 4.39 Å². The molecule has 1 fully saturated rings. The molecule has 1 unspecified atom stereocenters. The predicted octanol–water partition coefficient (Wildman–Crippen LogP) is 2.78. The van der Waals surface area contributed by atoms with Gasteiger partial charge in [-0.1, -0.05) is 18.6 Å². The Kier molecular flexibility index (Phi) is 2.93. The lowest BCUT2D eigenvalue weighted by Crippen LogP contribution is -2.40. The standard InChI is InChI=1S/C13H15FN2/c1-16-12(13(9-15)7-2-8-13)10-3-5-11(14)6-4-10/h3-6,12,16H,2,7-8H2,1H3. The van der Waals surface area contributed by atoms with Gasteiger partial charge < -0.3 is 5.32 Å². The molecule has 2 rings (SSSR count). The normalized spacial score (nSPS) is 19.6. The highest BCUT2D eigenvalue weighted by atomic mass is 19.1. The van der Waals surface area contributed by atoms with Crippen LogP contribution in [0, 0.1) is 22.6 Å². The van der Waals surface area contributed by atoms with Crippen molar-refractivity contribution in [2.45, 2.75) is 25.3 Å². The number of halogens is 1. The van der Waals surface area contributed by atoms with Crippen LogP contribution in [-0.2, 0) is 0 Å². The second-order valence-electron chi connectivity index (χ2n) is 4.39. The van der Waals surface area contributed by atoms with Crippen molar-refractivity contribution >= 4 is 0 Å². The molecule has 2 nitrogen and oxygen atoms in total. The van der Waals surface area contributed by atoms with Gasteiger partial charge >= 0.3 is 0 Å². The molecule has 1 saturated carbocycles. The van der Waals surface area contributed by atoms with Crippen molar-refractivity contribution < 1.29 is 4.39 Å². The van der Waals surface area contributed by atoms with E-state index in [0.717, 1.165) is 24.8 Å². The maximum Gasteiger partial charge on any atom is 0.123 e. The van der Waals surface area contributed by atoms with E-state index in [1.807, 2.05) is 7.05 Å². The molecular weight excluding hydrogens is 203 g/mol. The fourth-order valence-electron chi connectivity index (χ4n) is 2.44.